The standard InChI is InChI=1S/C12H17NO5/c14-7-12(8-15,9-16)13-11(17)6-18-10-4-2-1-3-5-10/h1-5,14-16H,6-9H2,(H,13,17). The average molecular weight is 255 g/mol. The molecule has 0 radical (unpaired) electrons. The van der Waals surface area contributed by atoms with Crippen molar-refractivity contribution in [3.05, 3.63) is 30.3 Å². The molecule has 0 aliphatic carbocycles. The lowest BCUT2D eigenvalue weighted by Crippen LogP contribution is -2.58. The number of aliphatic hydroxyl groups is 3. The normalized spacial score (nSPS) is 11.1. The van der Waals surface area contributed by atoms with Gasteiger partial charge in [-0.15, -0.1) is 0 Å². The zero-order valence-corrected chi connectivity index (χ0v) is 9.87. The second kappa shape index (κ2) is 6.95. The molecule has 0 atom stereocenters. The second-order valence-corrected chi connectivity index (χ2v) is 3.90. The van der Waals surface area contributed by atoms with Gasteiger partial charge >= 0.3 is 0 Å². The van der Waals surface area contributed by atoms with Crippen LogP contribution in [0.1, 0.15) is 0 Å². The van der Waals surface area contributed by atoms with Crippen molar-refractivity contribution in [3.8, 4) is 5.75 Å². The van der Waals surface area contributed by atoms with E-state index in [1.54, 1.807) is 24.3 Å². The highest BCUT2D eigenvalue weighted by Gasteiger charge is 2.29. The van der Waals surface area contributed by atoms with E-state index >= 15 is 0 Å². The Labute approximate surface area is 105 Å². The van der Waals surface area contributed by atoms with Crippen LogP contribution < -0.4 is 10.1 Å². The van der Waals surface area contributed by atoms with Crippen LogP contribution >= 0.6 is 0 Å². The largest absolute Gasteiger partial charge is 0.484 e. The molecule has 6 nitrogen and oxygen atoms in total. The Hall–Kier alpha value is -1.63. The molecule has 100 valence electrons. The predicted molar refractivity (Wildman–Crippen MR) is 64.1 cm³/mol. The highest BCUT2D eigenvalue weighted by molar-refractivity contribution is 5.78. The van der Waals surface area contributed by atoms with Gasteiger partial charge in [0.05, 0.1) is 19.8 Å². The van der Waals surface area contributed by atoms with Gasteiger partial charge in [-0.1, -0.05) is 18.2 Å². The molecule has 1 amide bonds. The molecule has 0 spiro atoms. The van der Waals surface area contributed by atoms with Crippen LogP contribution in [0.4, 0.5) is 0 Å². The molecule has 4 N–H and O–H groups in total. The van der Waals surface area contributed by atoms with Gasteiger partial charge in [0.1, 0.15) is 11.3 Å². The van der Waals surface area contributed by atoms with E-state index in [0.717, 1.165) is 0 Å². The van der Waals surface area contributed by atoms with Crippen LogP contribution in [0, 0.1) is 0 Å². The molecule has 1 rings (SSSR count). The smallest absolute Gasteiger partial charge is 0.258 e. The summed E-state index contributed by atoms with van der Waals surface area (Å²) in [5.74, 6) is 0.00579. The maximum atomic E-state index is 11.5. The Kier molecular flexibility index (Phi) is 5.57. The highest BCUT2D eigenvalue weighted by atomic mass is 16.5. The van der Waals surface area contributed by atoms with Crippen molar-refractivity contribution < 1.29 is 24.9 Å². The molecule has 18 heavy (non-hydrogen) atoms. The van der Waals surface area contributed by atoms with Crippen molar-refractivity contribution in [2.75, 3.05) is 26.4 Å². The molecule has 1 aromatic rings. The molecular formula is C12H17NO5. The van der Waals surface area contributed by atoms with Crippen LogP contribution in [0.15, 0.2) is 30.3 Å². The number of hydrogen-bond acceptors (Lipinski definition) is 5. The summed E-state index contributed by atoms with van der Waals surface area (Å²) in [6.45, 7) is -1.93. The number of ether oxygens (including phenoxy) is 1. The van der Waals surface area contributed by atoms with E-state index in [1.165, 1.54) is 0 Å². The summed E-state index contributed by atoms with van der Waals surface area (Å²) in [4.78, 5) is 11.5. The van der Waals surface area contributed by atoms with E-state index in [-0.39, 0.29) is 6.61 Å². The van der Waals surface area contributed by atoms with E-state index in [4.69, 9.17) is 20.1 Å². The molecule has 0 saturated carbocycles. The van der Waals surface area contributed by atoms with E-state index in [0.29, 0.717) is 5.75 Å². The first-order valence-corrected chi connectivity index (χ1v) is 5.47. The number of benzene rings is 1. The summed E-state index contributed by atoms with van der Waals surface area (Å²) >= 11 is 0. The number of carbonyl (C=O) groups excluding carboxylic acids is 1. The minimum atomic E-state index is -1.42. The van der Waals surface area contributed by atoms with Gasteiger partial charge in [0.15, 0.2) is 6.61 Å². The molecule has 1 aromatic carbocycles. The summed E-state index contributed by atoms with van der Waals surface area (Å²) in [5.41, 5.74) is -1.42. The fourth-order valence-electron chi connectivity index (χ4n) is 1.27. The lowest BCUT2D eigenvalue weighted by Gasteiger charge is -2.28. The summed E-state index contributed by atoms with van der Waals surface area (Å²) in [6, 6.07) is 8.76. The van der Waals surface area contributed by atoms with Crippen molar-refractivity contribution in [1.82, 2.24) is 5.32 Å². The average Bonchev–Trinajstić information content (AvgIpc) is 2.44. The van der Waals surface area contributed by atoms with Crippen LogP contribution in [0.3, 0.4) is 0 Å². The molecule has 0 bridgehead atoms. The third kappa shape index (κ3) is 3.99. The van der Waals surface area contributed by atoms with E-state index in [1.807, 2.05) is 6.07 Å². The Morgan fingerprint density at radius 1 is 1.11 bits per heavy atom. The van der Waals surface area contributed by atoms with Gasteiger partial charge in [-0.05, 0) is 12.1 Å². The van der Waals surface area contributed by atoms with Crippen LogP contribution in [0.25, 0.3) is 0 Å². The maximum absolute atomic E-state index is 11.5. The summed E-state index contributed by atoms with van der Waals surface area (Å²) in [5, 5.41) is 29.4. The third-order valence-corrected chi connectivity index (χ3v) is 2.43. The topological polar surface area (TPSA) is 99.0 Å². The molecule has 6 heteroatoms. The van der Waals surface area contributed by atoms with Gasteiger partial charge in [0.2, 0.25) is 0 Å². The number of para-hydroxylation sites is 1. The van der Waals surface area contributed by atoms with E-state index in [9.17, 15) is 4.79 Å². The monoisotopic (exact) mass is 255 g/mol. The van der Waals surface area contributed by atoms with Crippen LogP contribution in [0.5, 0.6) is 5.75 Å². The second-order valence-electron chi connectivity index (χ2n) is 3.90. The molecule has 0 saturated heterocycles. The first-order chi connectivity index (χ1) is 8.65. The minimum Gasteiger partial charge on any atom is -0.484 e. The minimum absolute atomic E-state index is 0.258. The molecule has 0 aliphatic rings. The Morgan fingerprint density at radius 2 is 1.67 bits per heavy atom. The van der Waals surface area contributed by atoms with Crippen LogP contribution in [-0.2, 0) is 4.79 Å². The third-order valence-electron chi connectivity index (χ3n) is 2.43. The van der Waals surface area contributed by atoms with Crippen LogP contribution in [0.2, 0.25) is 0 Å². The quantitative estimate of drug-likeness (QED) is 0.495. The lowest BCUT2D eigenvalue weighted by atomic mass is 10.0. The van der Waals surface area contributed by atoms with E-state index < -0.39 is 31.3 Å². The van der Waals surface area contributed by atoms with Gasteiger partial charge in [-0.25, -0.2) is 0 Å². The first-order valence-electron chi connectivity index (χ1n) is 5.47. The summed E-state index contributed by atoms with van der Waals surface area (Å²) in [6.07, 6.45) is 0. The number of rotatable bonds is 7. The number of carbonyl (C=O) groups is 1. The molecule has 0 heterocycles. The van der Waals surface area contributed by atoms with Crippen molar-refractivity contribution in [3.63, 3.8) is 0 Å². The Morgan fingerprint density at radius 3 is 2.17 bits per heavy atom. The lowest BCUT2D eigenvalue weighted by molar-refractivity contribution is -0.127. The maximum Gasteiger partial charge on any atom is 0.258 e. The Balaban J connectivity index is 2.46. The summed E-state index contributed by atoms with van der Waals surface area (Å²) < 4.78 is 5.19. The van der Waals surface area contributed by atoms with Crippen molar-refractivity contribution >= 4 is 5.91 Å². The fourth-order valence-corrected chi connectivity index (χ4v) is 1.27. The zero-order valence-electron chi connectivity index (χ0n) is 9.87. The molecule has 0 fully saturated rings. The van der Waals surface area contributed by atoms with Gasteiger partial charge in [-0.2, -0.15) is 0 Å². The Bertz CT molecular complexity index is 356. The number of amides is 1. The number of nitrogens with one attached hydrogen (secondary N) is 1. The molecule has 0 aliphatic heterocycles. The predicted octanol–water partition coefficient (Wildman–Crippen LogP) is -1.10. The van der Waals surface area contributed by atoms with Gasteiger partial charge in [0, 0.05) is 0 Å². The van der Waals surface area contributed by atoms with Gasteiger partial charge in [-0.3, -0.25) is 4.79 Å². The molecule has 0 aromatic heterocycles. The van der Waals surface area contributed by atoms with Crippen LogP contribution in [-0.4, -0.2) is 53.2 Å². The van der Waals surface area contributed by atoms with Crippen molar-refractivity contribution in [1.29, 1.82) is 0 Å². The number of aliphatic hydroxyl groups excluding tert-OH is 3. The highest BCUT2D eigenvalue weighted by Crippen LogP contribution is 2.08. The SMILES string of the molecule is O=C(COc1ccccc1)NC(CO)(CO)CO. The van der Waals surface area contributed by atoms with Crippen molar-refractivity contribution in [2.24, 2.45) is 0 Å². The van der Waals surface area contributed by atoms with Gasteiger partial charge in [0.25, 0.3) is 5.91 Å². The molecule has 0 unspecified atom stereocenters. The van der Waals surface area contributed by atoms with Crippen molar-refractivity contribution in [2.45, 2.75) is 5.54 Å². The fraction of sp³-hybridized carbons (Fsp3) is 0.417. The molecular weight excluding hydrogens is 238 g/mol. The number of hydrogen-bond donors (Lipinski definition) is 4. The zero-order chi connectivity index (χ0) is 13.4. The van der Waals surface area contributed by atoms with E-state index in [2.05, 4.69) is 5.32 Å². The van der Waals surface area contributed by atoms with Gasteiger partial charge < -0.3 is 25.4 Å². The first kappa shape index (κ1) is 14.4. The summed E-state index contributed by atoms with van der Waals surface area (Å²) in [7, 11) is 0.